The number of carbonyl (C=O) groups is 1. The summed E-state index contributed by atoms with van der Waals surface area (Å²) in [7, 11) is -0.171. The Kier molecular flexibility index (Phi) is 4.55. The van der Waals surface area contributed by atoms with Gasteiger partial charge in [-0.3, -0.25) is 4.79 Å². The summed E-state index contributed by atoms with van der Waals surface area (Å²) >= 11 is 1.41. The second kappa shape index (κ2) is 6.18. The molecule has 2 aliphatic heterocycles. The van der Waals surface area contributed by atoms with Crippen molar-refractivity contribution in [1.82, 2.24) is 9.88 Å². The first-order chi connectivity index (χ1) is 10.8. The number of thiazole rings is 1. The number of hydrogen-bond donors (Lipinski definition) is 0. The summed E-state index contributed by atoms with van der Waals surface area (Å²) in [5, 5.41) is 2.43. The van der Waals surface area contributed by atoms with Crippen LogP contribution in [0.3, 0.4) is 0 Å². The van der Waals surface area contributed by atoms with Gasteiger partial charge < -0.3 is 14.2 Å². The van der Waals surface area contributed by atoms with Gasteiger partial charge >= 0.3 is 7.12 Å². The molecule has 0 saturated carbocycles. The summed E-state index contributed by atoms with van der Waals surface area (Å²) < 4.78 is 12.4. The topological polar surface area (TPSA) is 51.7 Å². The molecule has 0 aromatic carbocycles. The first-order valence-electron chi connectivity index (χ1n) is 8.34. The number of amides is 1. The Morgan fingerprint density at radius 3 is 2.57 bits per heavy atom. The fraction of sp³-hybridized carbons (Fsp3) is 0.750. The molecule has 1 aromatic rings. The van der Waals surface area contributed by atoms with Crippen molar-refractivity contribution in [3.05, 3.63) is 16.6 Å². The van der Waals surface area contributed by atoms with Crippen LogP contribution in [0.15, 0.2) is 11.6 Å². The highest BCUT2D eigenvalue weighted by atomic mass is 32.1. The van der Waals surface area contributed by atoms with Crippen LogP contribution in [0, 0.1) is 0 Å². The SMILES string of the molecule is CC1(C)OB(C2CCCN(C(=O)c3nccs3)CC2)OC1(C)C. The first kappa shape index (κ1) is 16.9. The van der Waals surface area contributed by atoms with Crippen LogP contribution in [0.5, 0.6) is 0 Å². The third-order valence-corrected chi connectivity index (χ3v) is 6.09. The monoisotopic (exact) mass is 336 g/mol. The van der Waals surface area contributed by atoms with Crippen molar-refractivity contribution in [1.29, 1.82) is 0 Å². The van der Waals surface area contributed by atoms with Crippen LogP contribution < -0.4 is 0 Å². The molecule has 2 saturated heterocycles. The third-order valence-electron chi connectivity index (χ3n) is 5.33. The van der Waals surface area contributed by atoms with E-state index in [9.17, 15) is 4.79 Å². The fourth-order valence-electron chi connectivity index (χ4n) is 3.14. The van der Waals surface area contributed by atoms with Crippen molar-refractivity contribution < 1.29 is 14.1 Å². The maximum absolute atomic E-state index is 12.5. The lowest BCUT2D eigenvalue weighted by Crippen LogP contribution is -2.41. The van der Waals surface area contributed by atoms with E-state index in [2.05, 4.69) is 32.7 Å². The molecule has 0 aliphatic carbocycles. The summed E-state index contributed by atoms with van der Waals surface area (Å²) in [6.07, 6.45) is 4.60. The largest absolute Gasteiger partial charge is 0.461 e. The minimum absolute atomic E-state index is 0.0505. The van der Waals surface area contributed by atoms with Crippen LogP contribution in [0.4, 0.5) is 0 Å². The van der Waals surface area contributed by atoms with E-state index in [1.807, 2.05) is 10.3 Å². The Labute approximate surface area is 142 Å². The highest BCUT2D eigenvalue weighted by molar-refractivity contribution is 7.11. The third kappa shape index (κ3) is 3.32. The molecule has 0 radical (unpaired) electrons. The summed E-state index contributed by atoms with van der Waals surface area (Å²) in [6.45, 7) is 9.87. The highest BCUT2D eigenvalue weighted by Gasteiger charge is 2.53. The molecule has 5 nitrogen and oxygen atoms in total. The van der Waals surface area contributed by atoms with Gasteiger partial charge in [-0.1, -0.05) is 6.42 Å². The molecular formula is C16H25BN2O3S. The predicted molar refractivity (Wildman–Crippen MR) is 91.7 cm³/mol. The zero-order valence-corrected chi connectivity index (χ0v) is 15.2. The van der Waals surface area contributed by atoms with Crippen molar-refractivity contribution in [2.24, 2.45) is 0 Å². The average molecular weight is 336 g/mol. The van der Waals surface area contributed by atoms with Crippen LogP contribution in [0.25, 0.3) is 0 Å². The quantitative estimate of drug-likeness (QED) is 0.778. The second-order valence-electron chi connectivity index (χ2n) is 7.45. The van der Waals surface area contributed by atoms with E-state index in [1.54, 1.807) is 6.20 Å². The standard InChI is InChI=1S/C16H25BN2O3S/c1-15(2)16(3,4)22-17(21-15)12-6-5-9-19(10-7-12)14(20)13-18-8-11-23-13/h8,11-12H,5-7,9-10H2,1-4H3. The zero-order valence-electron chi connectivity index (χ0n) is 14.4. The molecule has 1 aromatic heterocycles. The van der Waals surface area contributed by atoms with E-state index in [1.165, 1.54) is 11.3 Å². The predicted octanol–water partition coefficient (Wildman–Crippen LogP) is 3.23. The van der Waals surface area contributed by atoms with E-state index in [4.69, 9.17) is 9.31 Å². The molecule has 2 fully saturated rings. The lowest BCUT2D eigenvalue weighted by atomic mass is 9.68. The van der Waals surface area contributed by atoms with Gasteiger partial charge in [0.15, 0.2) is 5.01 Å². The second-order valence-corrected chi connectivity index (χ2v) is 8.34. The number of likely N-dealkylation sites (tertiary alicyclic amines) is 1. The van der Waals surface area contributed by atoms with Gasteiger partial charge in [-0.15, -0.1) is 11.3 Å². The van der Waals surface area contributed by atoms with E-state index >= 15 is 0 Å². The van der Waals surface area contributed by atoms with E-state index in [-0.39, 0.29) is 24.2 Å². The van der Waals surface area contributed by atoms with Gasteiger partial charge in [-0.25, -0.2) is 4.98 Å². The Morgan fingerprint density at radius 2 is 1.96 bits per heavy atom. The summed E-state index contributed by atoms with van der Waals surface area (Å²) in [5.41, 5.74) is -0.583. The van der Waals surface area contributed by atoms with Gasteiger partial charge in [-0.2, -0.15) is 0 Å². The Bertz CT molecular complexity index is 546. The lowest BCUT2D eigenvalue weighted by Gasteiger charge is -2.32. The van der Waals surface area contributed by atoms with Gasteiger partial charge in [0.25, 0.3) is 5.91 Å². The van der Waals surface area contributed by atoms with Gasteiger partial charge in [0.05, 0.1) is 11.2 Å². The molecule has 23 heavy (non-hydrogen) atoms. The van der Waals surface area contributed by atoms with E-state index < -0.39 is 0 Å². The normalized spacial score (nSPS) is 27.0. The minimum atomic E-state index is -0.291. The first-order valence-corrected chi connectivity index (χ1v) is 9.22. The van der Waals surface area contributed by atoms with Gasteiger partial charge in [0.2, 0.25) is 0 Å². The number of aromatic nitrogens is 1. The highest BCUT2D eigenvalue weighted by Crippen LogP contribution is 2.42. The molecule has 7 heteroatoms. The smallest absolute Gasteiger partial charge is 0.403 e. The number of rotatable bonds is 2. The van der Waals surface area contributed by atoms with Crippen LogP contribution >= 0.6 is 11.3 Å². The van der Waals surface area contributed by atoms with Crippen LogP contribution in [0.1, 0.15) is 56.8 Å². The minimum Gasteiger partial charge on any atom is -0.403 e. The summed E-state index contributed by atoms with van der Waals surface area (Å²) in [6, 6.07) is 0. The molecule has 1 atom stereocenters. The number of hydrogen-bond acceptors (Lipinski definition) is 5. The van der Waals surface area contributed by atoms with Crippen molar-refractivity contribution in [3.63, 3.8) is 0 Å². The molecule has 1 unspecified atom stereocenters. The lowest BCUT2D eigenvalue weighted by molar-refractivity contribution is 0.00578. The summed E-state index contributed by atoms with van der Waals surface area (Å²) in [4.78, 5) is 18.5. The Balaban J connectivity index is 1.62. The van der Waals surface area contributed by atoms with Crippen molar-refractivity contribution in [2.45, 2.75) is 64.0 Å². The average Bonchev–Trinajstić information content (AvgIpc) is 2.97. The number of nitrogens with zero attached hydrogens (tertiary/aromatic N) is 2. The zero-order chi connectivity index (χ0) is 16.7. The van der Waals surface area contributed by atoms with Gasteiger partial charge in [0.1, 0.15) is 0 Å². The molecule has 0 spiro atoms. The van der Waals surface area contributed by atoms with Crippen LogP contribution in [-0.4, -0.2) is 47.2 Å². The van der Waals surface area contributed by atoms with Gasteiger partial charge in [0, 0.05) is 24.7 Å². The molecule has 0 N–H and O–H groups in total. The summed E-state index contributed by atoms with van der Waals surface area (Å²) in [5.74, 6) is 0.389. The fourth-order valence-corrected chi connectivity index (χ4v) is 3.75. The molecule has 1 amide bonds. The molecule has 3 heterocycles. The van der Waals surface area contributed by atoms with Crippen molar-refractivity contribution >= 4 is 24.4 Å². The molecule has 3 rings (SSSR count). The molecular weight excluding hydrogens is 311 g/mol. The molecule has 2 aliphatic rings. The number of carbonyl (C=O) groups excluding carboxylic acids is 1. The maximum atomic E-state index is 12.5. The molecule has 126 valence electrons. The van der Waals surface area contributed by atoms with Crippen LogP contribution in [0.2, 0.25) is 5.82 Å². The Hall–Kier alpha value is -0.915. The van der Waals surface area contributed by atoms with Crippen LogP contribution in [-0.2, 0) is 9.31 Å². The van der Waals surface area contributed by atoms with Crippen molar-refractivity contribution in [2.75, 3.05) is 13.1 Å². The van der Waals surface area contributed by atoms with E-state index in [0.29, 0.717) is 10.8 Å². The van der Waals surface area contributed by atoms with E-state index in [0.717, 1.165) is 32.4 Å². The molecule has 0 bridgehead atoms. The van der Waals surface area contributed by atoms with Gasteiger partial charge in [-0.05, 0) is 46.4 Å². The van der Waals surface area contributed by atoms with Crippen molar-refractivity contribution in [3.8, 4) is 0 Å². The maximum Gasteiger partial charge on any atom is 0.461 e. The Morgan fingerprint density at radius 1 is 1.26 bits per heavy atom.